The molecule has 10 heteroatoms. The minimum atomic E-state index is -3.56. The van der Waals surface area contributed by atoms with Crippen molar-refractivity contribution < 1.29 is 22.6 Å². The highest BCUT2D eigenvalue weighted by atomic mass is 32.2. The maximum absolute atomic E-state index is 11.4. The number of nitro groups is 1. The van der Waals surface area contributed by atoms with Crippen molar-refractivity contribution >= 4 is 21.8 Å². The number of sulfonamides is 1. The Balaban J connectivity index is 2.43. The van der Waals surface area contributed by atoms with Crippen LogP contribution >= 0.6 is 0 Å². The van der Waals surface area contributed by atoms with Crippen LogP contribution in [0.25, 0.3) is 0 Å². The van der Waals surface area contributed by atoms with E-state index in [-0.39, 0.29) is 24.5 Å². The second kappa shape index (κ2) is 5.60. The second-order valence-electron chi connectivity index (χ2n) is 3.37. The summed E-state index contributed by atoms with van der Waals surface area (Å²) in [6, 6.07) is 2.21. The van der Waals surface area contributed by atoms with Crippen LogP contribution < -0.4 is 10.5 Å². The third-order valence-electron chi connectivity index (χ3n) is 1.89. The fourth-order valence-electron chi connectivity index (χ4n) is 1.11. The Kier molecular flexibility index (Phi) is 4.39. The zero-order valence-corrected chi connectivity index (χ0v) is 9.97. The first-order valence-corrected chi connectivity index (χ1v) is 6.54. The molecule has 0 radical (unpaired) electrons. The molecule has 3 N–H and O–H groups in total. The van der Waals surface area contributed by atoms with Crippen molar-refractivity contribution in [3.8, 4) is 0 Å². The van der Waals surface area contributed by atoms with Gasteiger partial charge in [-0.2, -0.15) is 0 Å². The number of carbonyl (C=O) groups excluding carboxylic acids is 1. The van der Waals surface area contributed by atoms with Gasteiger partial charge in [-0.15, -0.1) is 0 Å². The molecule has 1 heterocycles. The molecule has 0 aromatic carbocycles. The van der Waals surface area contributed by atoms with Gasteiger partial charge in [-0.1, -0.05) is 0 Å². The SMILES string of the molecule is NS(=O)(=O)CCCNC(=O)c1ccc([N+](=O)[O-])o1. The average Bonchev–Trinajstić information content (AvgIpc) is 2.72. The zero-order valence-electron chi connectivity index (χ0n) is 9.16. The fourth-order valence-corrected chi connectivity index (χ4v) is 1.66. The molecular weight excluding hydrogens is 266 g/mol. The lowest BCUT2D eigenvalue weighted by Gasteiger charge is -2.01. The first-order chi connectivity index (χ1) is 8.29. The summed E-state index contributed by atoms with van der Waals surface area (Å²) in [7, 11) is -3.56. The molecule has 0 aliphatic carbocycles. The molecule has 0 fully saturated rings. The minimum Gasteiger partial charge on any atom is -0.395 e. The molecule has 0 bridgehead atoms. The lowest BCUT2D eigenvalue weighted by molar-refractivity contribution is -0.402. The van der Waals surface area contributed by atoms with Crippen LogP contribution in [0.1, 0.15) is 17.0 Å². The fraction of sp³-hybridized carbons (Fsp3) is 0.375. The van der Waals surface area contributed by atoms with Crippen molar-refractivity contribution in [2.24, 2.45) is 5.14 Å². The second-order valence-corrected chi connectivity index (χ2v) is 5.11. The smallest absolute Gasteiger partial charge is 0.395 e. The number of furan rings is 1. The monoisotopic (exact) mass is 277 g/mol. The number of rotatable bonds is 6. The highest BCUT2D eigenvalue weighted by molar-refractivity contribution is 7.89. The molecule has 0 aliphatic heterocycles. The summed E-state index contributed by atoms with van der Waals surface area (Å²) in [5.74, 6) is -1.66. The standard InChI is InChI=1S/C8H11N3O6S/c9-18(15,16)5-1-4-10-8(12)6-2-3-7(17-6)11(13)14/h2-3H,1,4-5H2,(H,10,12)(H2,9,15,16). The zero-order chi connectivity index (χ0) is 13.8. The number of hydrogen-bond acceptors (Lipinski definition) is 6. The Hall–Kier alpha value is -1.94. The van der Waals surface area contributed by atoms with Crippen LogP contribution in [-0.4, -0.2) is 31.5 Å². The predicted molar refractivity (Wildman–Crippen MR) is 60.3 cm³/mol. The topological polar surface area (TPSA) is 146 Å². The van der Waals surface area contributed by atoms with Crippen molar-refractivity contribution in [1.82, 2.24) is 5.32 Å². The van der Waals surface area contributed by atoms with Crippen LogP contribution in [0.4, 0.5) is 5.88 Å². The Bertz CT molecular complexity index is 549. The maximum atomic E-state index is 11.4. The molecule has 0 unspecified atom stereocenters. The normalized spacial score (nSPS) is 11.2. The third-order valence-corrected chi connectivity index (χ3v) is 2.74. The van der Waals surface area contributed by atoms with Gasteiger partial charge in [0.25, 0.3) is 5.91 Å². The number of nitrogens with zero attached hydrogens (tertiary/aromatic N) is 1. The molecule has 0 spiro atoms. The largest absolute Gasteiger partial charge is 0.433 e. The van der Waals surface area contributed by atoms with Crippen molar-refractivity contribution in [1.29, 1.82) is 0 Å². The van der Waals surface area contributed by atoms with E-state index in [4.69, 9.17) is 5.14 Å². The van der Waals surface area contributed by atoms with Crippen molar-refractivity contribution in [2.45, 2.75) is 6.42 Å². The van der Waals surface area contributed by atoms with E-state index in [0.717, 1.165) is 12.1 Å². The molecule has 9 nitrogen and oxygen atoms in total. The summed E-state index contributed by atoms with van der Waals surface area (Å²) >= 11 is 0. The van der Waals surface area contributed by atoms with Crippen LogP contribution in [0.15, 0.2) is 16.5 Å². The van der Waals surface area contributed by atoms with E-state index in [9.17, 15) is 23.3 Å². The number of nitrogens with two attached hydrogens (primary N) is 1. The van der Waals surface area contributed by atoms with Gasteiger partial charge in [-0.3, -0.25) is 14.9 Å². The van der Waals surface area contributed by atoms with Crippen LogP contribution in [0.3, 0.4) is 0 Å². The highest BCUT2D eigenvalue weighted by Crippen LogP contribution is 2.15. The molecule has 1 rings (SSSR count). The Morgan fingerprint density at radius 3 is 2.67 bits per heavy atom. The molecule has 0 saturated heterocycles. The molecular formula is C8H11N3O6S. The quantitative estimate of drug-likeness (QED) is 0.411. The van der Waals surface area contributed by atoms with Crippen molar-refractivity contribution in [3.05, 3.63) is 28.0 Å². The Morgan fingerprint density at radius 2 is 2.17 bits per heavy atom. The summed E-state index contributed by atoms with van der Waals surface area (Å²) < 4.78 is 25.8. The van der Waals surface area contributed by atoms with Crippen LogP contribution in [0, 0.1) is 10.1 Å². The summed E-state index contributed by atoms with van der Waals surface area (Å²) in [4.78, 5) is 20.9. The third kappa shape index (κ3) is 4.51. The lowest BCUT2D eigenvalue weighted by atomic mass is 10.4. The van der Waals surface area contributed by atoms with Crippen molar-refractivity contribution in [3.63, 3.8) is 0 Å². The minimum absolute atomic E-state index is 0.0732. The van der Waals surface area contributed by atoms with Gasteiger partial charge in [0.05, 0.1) is 11.8 Å². The van der Waals surface area contributed by atoms with Gasteiger partial charge >= 0.3 is 5.88 Å². The van der Waals surface area contributed by atoms with Gasteiger partial charge in [0, 0.05) is 6.54 Å². The van der Waals surface area contributed by atoms with E-state index < -0.39 is 26.7 Å². The van der Waals surface area contributed by atoms with Gasteiger partial charge in [-0.05, 0) is 12.5 Å². The molecule has 1 aromatic heterocycles. The molecule has 100 valence electrons. The van der Waals surface area contributed by atoms with Gasteiger partial charge in [0.2, 0.25) is 10.0 Å². The van der Waals surface area contributed by atoms with E-state index in [0.29, 0.717) is 0 Å². The van der Waals surface area contributed by atoms with Gasteiger partial charge < -0.3 is 9.73 Å². The molecule has 0 atom stereocenters. The molecule has 1 amide bonds. The maximum Gasteiger partial charge on any atom is 0.433 e. The van der Waals surface area contributed by atoms with E-state index in [2.05, 4.69) is 9.73 Å². The first-order valence-electron chi connectivity index (χ1n) is 4.82. The van der Waals surface area contributed by atoms with Gasteiger partial charge in [0.15, 0.2) is 5.76 Å². The number of hydrogen-bond donors (Lipinski definition) is 2. The van der Waals surface area contributed by atoms with E-state index >= 15 is 0 Å². The average molecular weight is 277 g/mol. The Morgan fingerprint density at radius 1 is 1.50 bits per heavy atom. The molecule has 0 aliphatic rings. The molecule has 0 saturated carbocycles. The van der Waals surface area contributed by atoms with Crippen molar-refractivity contribution in [2.75, 3.05) is 12.3 Å². The molecule has 1 aromatic rings. The number of primary sulfonamides is 1. The van der Waals surface area contributed by atoms with Crippen LogP contribution in [-0.2, 0) is 10.0 Å². The van der Waals surface area contributed by atoms with E-state index in [1.807, 2.05) is 0 Å². The Labute approximate surface area is 102 Å². The predicted octanol–water partition coefficient (Wildman–Crippen LogP) is -0.404. The van der Waals surface area contributed by atoms with Crippen LogP contribution in [0.5, 0.6) is 0 Å². The summed E-state index contributed by atoms with van der Waals surface area (Å²) in [5.41, 5.74) is 0. The molecule has 18 heavy (non-hydrogen) atoms. The summed E-state index contributed by atoms with van der Waals surface area (Å²) in [5, 5.41) is 17.4. The van der Waals surface area contributed by atoms with Gasteiger partial charge in [-0.25, -0.2) is 13.6 Å². The highest BCUT2D eigenvalue weighted by Gasteiger charge is 2.16. The van der Waals surface area contributed by atoms with E-state index in [1.165, 1.54) is 0 Å². The van der Waals surface area contributed by atoms with Crippen LogP contribution in [0.2, 0.25) is 0 Å². The first kappa shape index (κ1) is 14.1. The number of amides is 1. The summed E-state index contributed by atoms with van der Waals surface area (Å²) in [6.07, 6.45) is 0.146. The number of carbonyl (C=O) groups is 1. The number of nitrogens with one attached hydrogen (secondary N) is 1. The summed E-state index contributed by atoms with van der Waals surface area (Å²) in [6.45, 7) is 0.0732. The lowest BCUT2D eigenvalue weighted by Crippen LogP contribution is -2.27. The van der Waals surface area contributed by atoms with Gasteiger partial charge in [0.1, 0.15) is 4.92 Å². The van der Waals surface area contributed by atoms with E-state index in [1.54, 1.807) is 0 Å².